The Morgan fingerprint density at radius 1 is 1.50 bits per heavy atom. The molecule has 0 bridgehead atoms. The third kappa shape index (κ3) is 3.10. The van der Waals surface area contributed by atoms with Gasteiger partial charge in [-0.25, -0.2) is 0 Å². The fourth-order valence-electron chi connectivity index (χ4n) is 1.51. The van der Waals surface area contributed by atoms with Crippen LogP contribution in [0.5, 0.6) is 0 Å². The Kier molecular flexibility index (Phi) is 4.59. The largest absolute Gasteiger partial charge is 0.463 e. The molecule has 80 valence electrons. The van der Waals surface area contributed by atoms with Gasteiger partial charge in [-0.2, -0.15) is 0 Å². The second-order valence-electron chi connectivity index (χ2n) is 3.28. The number of hydrogen-bond acceptors (Lipinski definition) is 4. The van der Waals surface area contributed by atoms with Gasteiger partial charge < -0.3 is 9.47 Å². The van der Waals surface area contributed by atoms with E-state index in [1.807, 2.05) is 6.92 Å². The topological polar surface area (TPSA) is 52.6 Å². The summed E-state index contributed by atoms with van der Waals surface area (Å²) in [5.41, 5.74) is 0. The molecule has 0 N–H and O–H groups in total. The highest BCUT2D eigenvalue weighted by Gasteiger charge is 2.31. The average Bonchev–Trinajstić information content (AvgIpc) is 2.59. The Bertz CT molecular complexity index is 212. The zero-order valence-corrected chi connectivity index (χ0v) is 8.45. The summed E-state index contributed by atoms with van der Waals surface area (Å²) >= 11 is 0. The van der Waals surface area contributed by atoms with Crippen molar-refractivity contribution in [2.24, 2.45) is 5.92 Å². The van der Waals surface area contributed by atoms with E-state index in [-0.39, 0.29) is 18.4 Å². The van der Waals surface area contributed by atoms with Gasteiger partial charge in [-0.05, 0) is 19.8 Å². The van der Waals surface area contributed by atoms with E-state index >= 15 is 0 Å². The summed E-state index contributed by atoms with van der Waals surface area (Å²) in [7, 11) is 0. The van der Waals surface area contributed by atoms with Crippen molar-refractivity contribution in [1.82, 2.24) is 0 Å². The molecule has 0 heterocycles. The van der Waals surface area contributed by atoms with Crippen molar-refractivity contribution in [2.75, 3.05) is 19.8 Å². The van der Waals surface area contributed by atoms with Crippen LogP contribution in [0, 0.1) is 5.92 Å². The molecule has 1 fully saturated rings. The van der Waals surface area contributed by atoms with Crippen molar-refractivity contribution in [3.63, 3.8) is 0 Å². The summed E-state index contributed by atoms with van der Waals surface area (Å²) in [4.78, 5) is 22.5. The van der Waals surface area contributed by atoms with Crippen molar-refractivity contribution < 1.29 is 19.1 Å². The van der Waals surface area contributed by atoms with Gasteiger partial charge in [0.1, 0.15) is 18.3 Å². The Morgan fingerprint density at radius 2 is 2.29 bits per heavy atom. The first-order valence-corrected chi connectivity index (χ1v) is 5.02. The van der Waals surface area contributed by atoms with Crippen LogP contribution in [0.4, 0.5) is 0 Å². The van der Waals surface area contributed by atoms with Gasteiger partial charge in [-0.15, -0.1) is 0 Å². The summed E-state index contributed by atoms with van der Waals surface area (Å²) in [5.74, 6) is -0.866. The van der Waals surface area contributed by atoms with E-state index in [1.54, 1.807) is 0 Å². The number of rotatable bonds is 5. The molecular weight excluding hydrogens is 184 g/mol. The predicted molar refractivity (Wildman–Crippen MR) is 49.8 cm³/mol. The first-order chi connectivity index (χ1) is 6.75. The van der Waals surface area contributed by atoms with Crippen molar-refractivity contribution in [2.45, 2.75) is 26.2 Å². The minimum Gasteiger partial charge on any atom is -0.463 e. The number of Topliss-reactive ketones (excluding diaryl/α,β-unsaturated/α-hetero) is 1. The van der Waals surface area contributed by atoms with Crippen LogP contribution >= 0.6 is 0 Å². The molecule has 0 aromatic rings. The van der Waals surface area contributed by atoms with Crippen LogP contribution < -0.4 is 0 Å². The van der Waals surface area contributed by atoms with Gasteiger partial charge >= 0.3 is 5.97 Å². The van der Waals surface area contributed by atoms with Gasteiger partial charge in [-0.3, -0.25) is 9.59 Å². The Labute approximate surface area is 83.6 Å². The summed E-state index contributed by atoms with van der Waals surface area (Å²) in [6, 6.07) is 0. The van der Waals surface area contributed by atoms with Crippen LogP contribution in [-0.2, 0) is 19.1 Å². The SMILES string of the molecule is CCOCCOC(=O)[C@H]1CCCC1=O. The number of carbonyl (C=O) groups excluding carboxylic acids is 2. The van der Waals surface area contributed by atoms with Crippen LogP contribution in [-0.4, -0.2) is 31.6 Å². The van der Waals surface area contributed by atoms with E-state index in [1.165, 1.54) is 0 Å². The molecule has 0 radical (unpaired) electrons. The van der Waals surface area contributed by atoms with Crippen LogP contribution in [0.15, 0.2) is 0 Å². The third-order valence-corrected chi connectivity index (χ3v) is 2.27. The van der Waals surface area contributed by atoms with E-state index in [9.17, 15) is 9.59 Å². The lowest BCUT2D eigenvalue weighted by atomic mass is 10.1. The summed E-state index contributed by atoms with van der Waals surface area (Å²) in [6.45, 7) is 3.14. The van der Waals surface area contributed by atoms with Crippen molar-refractivity contribution >= 4 is 11.8 Å². The molecule has 1 rings (SSSR count). The average molecular weight is 200 g/mol. The highest BCUT2D eigenvalue weighted by molar-refractivity contribution is 6.00. The van der Waals surface area contributed by atoms with Crippen molar-refractivity contribution in [1.29, 1.82) is 0 Å². The second-order valence-corrected chi connectivity index (χ2v) is 3.28. The lowest BCUT2D eigenvalue weighted by Gasteiger charge is -2.08. The highest BCUT2D eigenvalue weighted by atomic mass is 16.6. The molecule has 0 unspecified atom stereocenters. The quantitative estimate of drug-likeness (QED) is 0.376. The van der Waals surface area contributed by atoms with Crippen molar-refractivity contribution in [3.8, 4) is 0 Å². The highest BCUT2D eigenvalue weighted by Crippen LogP contribution is 2.22. The molecular formula is C10H16O4. The Morgan fingerprint density at radius 3 is 2.86 bits per heavy atom. The van der Waals surface area contributed by atoms with Gasteiger partial charge in [0.05, 0.1) is 6.61 Å². The summed E-state index contributed by atoms with van der Waals surface area (Å²) < 4.78 is 9.92. The van der Waals surface area contributed by atoms with Gasteiger partial charge in [-0.1, -0.05) is 0 Å². The number of ketones is 1. The predicted octanol–water partition coefficient (Wildman–Crippen LogP) is 0.935. The Hall–Kier alpha value is -0.900. The number of carbonyl (C=O) groups is 2. The maximum absolute atomic E-state index is 11.3. The fourth-order valence-corrected chi connectivity index (χ4v) is 1.51. The normalized spacial score (nSPS) is 21.2. The minimum atomic E-state index is -0.503. The molecule has 1 atom stereocenters. The Balaban J connectivity index is 2.18. The minimum absolute atomic E-state index is 0.0198. The van der Waals surface area contributed by atoms with Gasteiger partial charge in [0, 0.05) is 13.0 Å². The molecule has 4 nitrogen and oxygen atoms in total. The second kappa shape index (κ2) is 5.75. The van der Waals surface area contributed by atoms with Crippen LogP contribution in [0.3, 0.4) is 0 Å². The molecule has 0 aromatic carbocycles. The smallest absolute Gasteiger partial charge is 0.316 e. The molecule has 1 saturated carbocycles. The molecule has 0 spiro atoms. The fraction of sp³-hybridized carbons (Fsp3) is 0.800. The molecule has 1 aliphatic rings. The van der Waals surface area contributed by atoms with E-state index in [0.29, 0.717) is 26.1 Å². The lowest BCUT2D eigenvalue weighted by molar-refractivity contribution is -0.152. The number of ether oxygens (including phenoxy) is 2. The molecule has 4 heteroatoms. The molecule has 1 aliphatic carbocycles. The van der Waals surface area contributed by atoms with Gasteiger partial charge in [0.2, 0.25) is 0 Å². The molecule has 0 aliphatic heterocycles. The lowest BCUT2D eigenvalue weighted by Crippen LogP contribution is -2.22. The van der Waals surface area contributed by atoms with E-state index < -0.39 is 5.92 Å². The monoisotopic (exact) mass is 200 g/mol. The maximum atomic E-state index is 11.3. The first-order valence-electron chi connectivity index (χ1n) is 5.02. The molecule has 0 aromatic heterocycles. The standard InChI is InChI=1S/C10H16O4/c1-2-13-6-7-14-10(12)8-4-3-5-9(8)11/h8H,2-7H2,1H3/t8-/m0/s1. The third-order valence-electron chi connectivity index (χ3n) is 2.27. The van der Waals surface area contributed by atoms with Gasteiger partial charge in [0.25, 0.3) is 0 Å². The number of esters is 1. The van der Waals surface area contributed by atoms with E-state index in [2.05, 4.69) is 0 Å². The van der Waals surface area contributed by atoms with Crippen LogP contribution in [0.25, 0.3) is 0 Å². The van der Waals surface area contributed by atoms with Crippen LogP contribution in [0.1, 0.15) is 26.2 Å². The van der Waals surface area contributed by atoms with Crippen LogP contribution in [0.2, 0.25) is 0 Å². The molecule has 0 amide bonds. The molecule has 14 heavy (non-hydrogen) atoms. The zero-order chi connectivity index (χ0) is 10.4. The zero-order valence-electron chi connectivity index (χ0n) is 8.45. The van der Waals surface area contributed by atoms with E-state index in [4.69, 9.17) is 9.47 Å². The maximum Gasteiger partial charge on any atom is 0.316 e. The summed E-state index contributed by atoms with van der Waals surface area (Å²) in [6.07, 6.45) is 1.97. The first kappa shape index (κ1) is 11.2. The number of hydrogen-bond donors (Lipinski definition) is 0. The van der Waals surface area contributed by atoms with E-state index in [0.717, 1.165) is 6.42 Å². The van der Waals surface area contributed by atoms with Gasteiger partial charge in [0.15, 0.2) is 0 Å². The van der Waals surface area contributed by atoms with Crippen molar-refractivity contribution in [3.05, 3.63) is 0 Å². The molecule has 0 saturated heterocycles. The summed E-state index contributed by atoms with van der Waals surface area (Å²) in [5, 5.41) is 0.